The highest BCUT2D eigenvalue weighted by Crippen LogP contribution is 2.00. The Hall–Kier alpha value is -3.21. The third kappa shape index (κ3) is 17.4. The Morgan fingerprint density at radius 3 is 1.97 bits per heavy atom. The van der Waals surface area contributed by atoms with E-state index in [0.29, 0.717) is 31.5 Å². The van der Waals surface area contributed by atoms with E-state index in [-0.39, 0.29) is 11.8 Å². The number of aromatic nitrogens is 1. The van der Waals surface area contributed by atoms with Gasteiger partial charge in [0.05, 0.1) is 5.56 Å². The average molecular weight is 464 g/mol. The van der Waals surface area contributed by atoms with E-state index < -0.39 is 0 Å². The molecule has 1 aromatic rings. The van der Waals surface area contributed by atoms with E-state index in [0.717, 1.165) is 44.9 Å². The molecule has 0 spiro atoms. The summed E-state index contributed by atoms with van der Waals surface area (Å²) in [6.07, 6.45) is 33.0. The van der Waals surface area contributed by atoms with E-state index in [4.69, 9.17) is 0 Å². The predicted molar refractivity (Wildman–Crippen MR) is 143 cm³/mol. The van der Waals surface area contributed by atoms with E-state index >= 15 is 0 Å². The summed E-state index contributed by atoms with van der Waals surface area (Å²) in [4.78, 5) is 27.7. The Morgan fingerprint density at radius 1 is 0.794 bits per heavy atom. The van der Waals surface area contributed by atoms with Crippen molar-refractivity contribution in [3.63, 3.8) is 0 Å². The van der Waals surface area contributed by atoms with Crippen molar-refractivity contribution >= 4 is 11.8 Å². The zero-order valence-electron chi connectivity index (χ0n) is 20.6. The average Bonchev–Trinajstić information content (AvgIpc) is 2.86. The van der Waals surface area contributed by atoms with E-state index in [1.165, 1.54) is 6.20 Å². The molecule has 0 bridgehead atoms. The maximum Gasteiger partial charge on any atom is 0.252 e. The summed E-state index contributed by atoms with van der Waals surface area (Å²) in [6.45, 7) is 3.23. The molecule has 1 rings (SSSR count). The Morgan fingerprint density at radius 2 is 1.38 bits per heavy atom. The summed E-state index contributed by atoms with van der Waals surface area (Å²) in [5, 5.41) is 5.72. The van der Waals surface area contributed by atoms with Crippen LogP contribution in [0.15, 0.2) is 85.3 Å². The topological polar surface area (TPSA) is 71.1 Å². The second kappa shape index (κ2) is 21.6. The normalized spacial score (nSPS) is 12.0. The molecule has 2 N–H and O–H groups in total. The first kappa shape index (κ1) is 28.8. The Labute approximate surface area is 205 Å². The molecule has 1 aromatic heterocycles. The number of amides is 2. The van der Waals surface area contributed by atoms with E-state index in [1.54, 1.807) is 18.3 Å². The number of hydrogen-bond acceptors (Lipinski definition) is 3. The monoisotopic (exact) mass is 463 g/mol. The van der Waals surface area contributed by atoms with Gasteiger partial charge in [0, 0.05) is 31.9 Å². The first-order chi connectivity index (χ1) is 16.7. The van der Waals surface area contributed by atoms with Crippen LogP contribution < -0.4 is 10.6 Å². The Kier molecular flexibility index (Phi) is 18.3. The molecule has 5 nitrogen and oxygen atoms in total. The molecule has 0 radical (unpaired) electrons. The number of unbranched alkanes of at least 4 members (excludes halogenated alkanes) is 1. The third-order valence-electron chi connectivity index (χ3n) is 4.82. The van der Waals surface area contributed by atoms with Crippen LogP contribution in [0.4, 0.5) is 0 Å². The summed E-state index contributed by atoms with van der Waals surface area (Å²) >= 11 is 0. The molecule has 34 heavy (non-hydrogen) atoms. The lowest BCUT2D eigenvalue weighted by atomic mass is 10.2. The van der Waals surface area contributed by atoms with Crippen molar-refractivity contribution in [2.75, 3.05) is 13.1 Å². The van der Waals surface area contributed by atoms with E-state index in [2.05, 4.69) is 83.3 Å². The van der Waals surface area contributed by atoms with Gasteiger partial charge in [-0.2, -0.15) is 0 Å². The molecule has 5 heteroatoms. The Bertz CT molecular complexity index is 808. The summed E-state index contributed by atoms with van der Waals surface area (Å²) in [5.41, 5.74) is 0.543. The molecule has 0 aliphatic rings. The van der Waals surface area contributed by atoms with Crippen molar-refractivity contribution in [1.29, 1.82) is 0 Å². The maximum absolute atomic E-state index is 11.9. The number of carbonyl (C=O) groups is 2. The van der Waals surface area contributed by atoms with Gasteiger partial charge < -0.3 is 10.6 Å². The first-order valence-electron chi connectivity index (χ1n) is 12.4. The molecule has 0 unspecified atom stereocenters. The molecule has 184 valence electrons. The van der Waals surface area contributed by atoms with Gasteiger partial charge in [-0.05, 0) is 63.5 Å². The predicted octanol–water partition coefficient (Wildman–Crippen LogP) is 6.24. The lowest BCUT2D eigenvalue weighted by Crippen LogP contribution is -2.29. The molecule has 0 aliphatic heterocycles. The van der Waals surface area contributed by atoms with Crippen LogP contribution in [0, 0.1) is 0 Å². The van der Waals surface area contributed by atoms with Gasteiger partial charge in [-0.15, -0.1) is 0 Å². The van der Waals surface area contributed by atoms with Crippen molar-refractivity contribution in [3.8, 4) is 0 Å². The van der Waals surface area contributed by atoms with Crippen molar-refractivity contribution in [2.45, 2.75) is 64.7 Å². The largest absolute Gasteiger partial charge is 0.356 e. The van der Waals surface area contributed by atoms with Gasteiger partial charge in [0.25, 0.3) is 5.91 Å². The number of nitrogens with zero attached hydrogens (tertiary/aromatic N) is 1. The number of allylic oxidation sites excluding steroid dienone is 10. The number of hydrogen-bond donors (Lipinski definition) is 2. The van der Waals surface area contributed by atoms with Crippen LogP contribution in [0.5, 0.6) is 0 Å². The quantitative estimate of drug-likeness (QED) is 0.200. The number of carbonyl (C=O) groups excluding carboxylic acids is 2. The van der Waals surface area contributed by atoms with Crippen molar-refractivity contribution < 1.29 is 9.59 Å². The summed E-state index contributed by atoms with van der Waals surface area (Å²) < 4.78 is 0. The minimum atomic E-state index is -0.142. The maximum atomic E-state index is 11.9. The van der Waals surface area contributed by atoms with Gasteiger partial charge in [0.2, 0.25) is 5.91 Å². The number of pyridine rings is 1. The fourth-order valence-corrected chi connectivity index (χ4v) is 2.95. The lowest BCUT2D eigenvalue weighted by molar-refractivity contribution is -0.121. The number of nitrogens with one attached hydrogen (secondary N) is 2. The molecular formula is C29H41N3O2. The fraction of sp³-hybridized carbons (Fsp3) is 0.414. The van der Waals surface area contributed by atoms with Crippen LogP contribution in [-0.4, -0.2) is 29.9 Å². The van der Waals surface area contributed by atoms with E-state index in [9.17, 15) is 9.59 Å². The van der Waals surface area contributed by atoms with Crippen LogP contribution in [0.2, 0.25) is 0 Å². The van der Waals surface area contributed by atoms with Crippen LogP contribution >= 0.6 is 0 Å². The van der Waals surface area contributed by atoms with Gasteiger partial charge in [-0.1, -0.05) is 67.7 Å². The summed E-state index contributed by atoms with van der Waals surface area (Å²) in [7, 11) is 0. The zero-order valence-corrected chi connectivity index (χ0v) is 20.6. The smallest absolute Gasteiger partial charge is 0.252 e. The van der Waals surface area contributed by atoms with Gasteiger partial charge in [-0.25, -0.2) is 0 Å². The third-order valence-corrected chi connectivity index (χ3v) is 4.82. The zero-order chi connectivity index (χ0) is 24.5. The van der Waals surface area contributed by atoms with Gasteiger partial charge in [-0.3, -0.25) is 14.6 Å². The number of rotatable bonds is 18. The summed E-state index contributed by atoms with van der Waals surface area (Å²) in [6, 6.07) is 3.45. The highest BCUT2D eigenvalue weighted by molar-refractivity contribution is 5.93. The molecule has 0 atom stereocenters. The molecule has 0 fully saturated rings. The standard InChI is InChI=1S/C29H41N3O2/c1-2-3-4-5-6-7-8-9-10-11-12-13-14-15-16-17-18-22-28(33)31-24-20-25-32-29(34)27-21-19-23-30-26-27/h3-4,6-7,9-10,12-13,15-16,19,21,23,26H,2,5,8,11,14,17-18,20,22,24-25H2,1H3,(H,31,33)(H,32,34)/b4-3-,7-6-,10-9-,13-12-,16-15-. The van der Waals surface area contributed by atoms with Crippen molar-refractivity contribution in [2.24, 2.45) is 0 Å². The minimum Gasteiger partial charge on any atom is -0.356 e. The first-order valence-corrected chi connectivity index (χ1v) is 12.4. The highest BCUT2D eigenvalue weighted by Gasteiger charge is 2.04. The molecule has 2 amide bonds. The summed E-state index contributed by atoms with van der Waals surface area (Å²) in [5.74, 6) is -0.0811. The molecule has 0 saturated heterocycles. The molecule has 0 aromatic carbocycles. The molecular weight excluding hydrogens is 422 g/mol. The van der Waals surface area contributed by atoms with Crippen LogP contribution in [0.25, 0.3) is 0 Å². The van der Waals surface area contributed by atoms with Gasteiger partial charge in [0.15, 0.2) is 0 Å². The van der Waals surface area contributed by atoms with E-state index in [1.807, 2.05) is 0 Å². The molecule has 1 heterocycles. The Balaban J connectivity index is 1.93. The molecule has 0 saturated carbocycles. The minimum absolute atomic E-state index is 0.0611. The van der Waals surface area contributed by atoms with Crippen LogP contribution in [-0.2, 0) is 4.79 Å². The second-order valence-electron chi connectivity index (χ2n) is 7.80. The van der Waals surface area contributed by atoms with Gasteiger partial charge in [0.1, 0.15) is 0 Å². The van der Waals surface area contributed by atoms with Crippen LogP contribution in [0.1, 0.15) is 75.1 Å². The fourth-order valence-electron chi connectivity index (χ4n) is 2.95. The van der Waals surface area contributed by atoms with Crippen molar-refractivity contribution in [1.82, 2.24) is 15.6 Å². The second-order valence-corrected chi connectivity index (χ2v) is 7.80. The van der Waals surface area contributed by atoms with Gasteiger partial charge >= 0.3 is 0 Å². The SMILES string of the molecule is CC/C=C\C/C=C\C/C=C\C/C=C\C/C=C\CCCC(=O)NCCCNC(=O)c1cccnc1. The highest BCUT2D eigenvalue weighted by atomic mass is 16.2. The lowest BCUT2D eigenvalue weighted by Gasteiger charge is -2.06. The molecule has 0 aliphatic carbocycles. The van der Waals surface area contributed by atoms with Crippen molar-refractivity contribution in [3.05, 3.63) is 90.9 Å². The van der Waals surface area contributed by atoms with Crippen LogP contribution in [0.3, 0.4) is 0 Å².